The van der Waals surface area contributed by atoms with Crippen LogP contribution in [0, 0.1) is 33.8 Å². The Bertz CT molecular complexity index is 803. The van der Waals surface area contributed by atoms with Crippen LogP contribution < -0.4 is 5.32 Å². The van der Waals surface area contributed by atoms with E-state index >= 15 is 0 Å². The molecule has 3 aliphatic rings. The van der Waals surface area contributed by atoms with Gasteiger partial charge in [-0.2, -0.15) is 0 Å². The molecule has 0 aromatic heterocycles. The first-order valence-corrected chi connectivity index (χ1v) is 9.05. The Morgan fingerprint density at radius 3 is 2.15 bits per heavy atom. The zero-order valence-electron chi connectivity index (χ0n) is 13.5. The number of hydrogen-bond donors (Lipinski definition) is 1. The van der Waals surface area contributed by atoms with E-state index in [4.69, 9.17) is 23.2 Å². The van der Waals surface area contributed by atoms with E-state index in [9.17, 15) is 19.7 Å². The van der Waals surface area contributed by atoms with Gasteiger partial charge in [0, 0.05) is 25.2 Å². The van der Waals surface area contributed by atoms with Crippen LogP contribution in [0.1, 0.15) is 6.42 Å². The molecule has 1 N–H and O–H groups in total. The zero-order chi connectivity index (χ0) is 18.6. The number of fused-ring (bicyclic) bond motifs is 5. The number of nitrogens with one attached hydrogen (secondary N) is 1. The molecule has 1 heterocycles. The third-order valence-corrected chi connectivity index (χ3v) is 6.03. The molecule has 4 unspecified atom stereocenters. The average Bonchev–Trinajstić information content (AvgIpc) is 3.26. The van der Waals surface area contributed by atoms with Crippen LogP contribution >= 0.6 is 23.2 Å². The molecule has 4 atom stereocenters. The van der Waals surface area contributed by atoms with Crippen LogP contribution in [0.4, 0.5) is 11.4 Å². The molecule has 1 aromatic carbocycles. The molecule has 0 radical (unpaired) electrons. The molecule has 7 nitrogen and oxygen atoms in total. The number of imide groups is 1. The fourth-order valence-corrected chi connectivity index (χ4v) is 4.92. The van der Waals surface area contributed by atoms with Crippen molar-refractivity contribution >= 4 is 46.4 Å². The van der Waals surface area contributed by atoms with Crippen LogP contribution in [-0.2, 0) is 9.59 Å². The number of anilines is 1. The summed E-state index contributed by atoms with van der Waals surface area (Å²) in [6, 6.07) is 2.41. The van der Waals surface area contributed by atoms with Gasteiger partial charge in [0.1, 0.15) is 0 Å². The number of nitro groups is 1. The summed E-state index contributed by atoms with van der Waals surface area (Å²) >= 11 is 12.1. The third kappa shape index (κ3) is 2.57. The van der Waals surface area contributed by atoms with Crippen LogP contribution in [0.2, 0.25) is 10.0 Å². The van der Waals surface area contributed by atoms with Crippen molar-refractivity contribution in [2.75, 3.05) is 18.4 Å². The van der Waals surface area contributed by atoms with Gasteiger partial charge in [0.05, 0.1) is 32.5 Å². The largest absolute Gasteiger partial charge is 0.381 e. The molecule has 1 aliphatic heterocycles. The number of likely N-dealkylation sites (tertiary alicyclic amines) is 1. The summed E-state index contributed by atoms with van der Waals surface area (Å²) in [5.41, 5.74) is 0.145. The highest BCUT2D eigenvalue weighted by Gasteiger charge is 2.58. The number of benzene rings is 1. The molecule has 1 aromatic rings. The monoisotopic (exact) mass is 395 g/mol. The van der Waals surface area contributed by atoms with E-state index in [1.807, 2.05) is 0 Å². The molecule has 136 valence electrons. The van der Waals surface area contributed by atoms with Gasteiger partial charge >= 0.3 is 0 Å². The molecular weight excluding hydrogens is 381 g/mol. The van der Waals surface area contributed by atoms with E-state index in [0.717, 1.165) is 6.42 Å². The summed E-state index contributed by atoms with van der Waals surface area (Å²) in [5, 5.41) is 14.0. The van der Waals surface area contributed by atoms with Gasteiger partial charge in [0.15, 0.2) is 0 Å². The number of nitrogens with zero attached hydrogens (tertiary/aromatic N) is 2. The molecule has 1 saturated carbocycles. The Kier molecular flexibility index (Phi) is 4.16. The first-order valence-electron chi connectivity index (χ1n) is 8.29. The maximum atomic E-state index is 12.6. The van der Waals surface area contributed by atoms with E-state index in [1.54, 1.807) is 0 Å². The highest BCUT2D eigenvalue weighted by Crippen LogP contribution is 2.52. The maximum absolute atomic E-state index is 12.6. The van der Waals surface area contributed by atoms with Gasteiger partial charge in [0.2, 0.25) is 11.8 Å². The minimum absolute atomic E-state index is 0.112. The molecule has 0 spiro atoms. The van der Waals surface area contributed by atoms with Crippen LogP contribution in [0.25, 0.3) is 0 Å². The zero-order valence-corrected chi connectivity index (χ0v) is 15.0. The molecule has 9 heteroatoms. The predicted octanol–water partition coefficient (Wildman–Crippen LogP) is 3.12. The lowest BCUT2D eigenvalue weighted by Gasteiger charge is -2.18. The molecule has 26 heavy (non-hydrogen) atoms. The van der Waals surface area contributed by atoms with Gasteiger partial charge in [0.25, 0.3) is 5.69 Å². The predicted molar refractivity (Wildman–Crippen MR) is 96.0 cm³/mol. The average molecular weight is 396 g/mol. The number of carbonyl (C=O) groups is 2. The van der Waals surface area contributed by atoms with Crippen LogP contribution in [0.15, 0.2) is 24.3 Å². The van der Waals surface area contributed by atoms with E-state index in [2.05, 4.69) is 17.5 Å². The number of nitro benzene ring substituents is 1. The van der Waals surface area contributed by atoms with Crippen molar-refractivity contribution in [1.82, 2.24) is 4.90 Å². The Morgan fingerprint density at radius 2 is 1.65 bits per heavy atom. The minimum atomic E-state index is -0.579. The molecule has 1 saturated heterocycles. The highest BCUT2D eigenvalue weighted by molar-refractivity contribution is 6.39. The Hall–Kier alpha value is -2.12. The number of amides is 2. The molecule has 2 fully saturated rings. The lowest BCUT2D eigenvalue weighted by Crippen LogP contribution is -2.36. The second kappa shape index (κ2) is 6.25. The molecular formula is C17H15Cl2N3O4. The van der Waals surface area contributed by atoms with Crippen molar-refractivity contribution in [2.24, 2.45) is 23.7 Å². The topological polar surface area (TPSA) is 92.6 Å². The highest BCUT2D eigenvalue weighted by atomic mass is 35.5. The summed E-state index contributed by atoms with van der Waals surface area (Å²) < 4.78 is 0. The molecule has 4 rings (SSSR count). The number of allylic oxidation sites excluding steroid dienone is 2. The minimum Gasteiger partial charge on any atom is -0.381 e. The number of rotatable bonds is 5. The summed E-state index contributed by atoms with van der Waals surface area (Å²) in [6.45, 7) is 0.463. The van der Waals surface area contributed by atoms with Crippen molar-refractivity contribution in [2.45, 2.75) is 6.42 Å². The van der Waals surface area contributed by atoms with E-state index < -0.39 is 4.92 Å². The fraction of sp³-hybridized carbons (Fsp3) is 0.412. The van der Waals surface area contributed by atoms with E-state index in [-0.39, 0.29) is 64.3 Å². The van der Waals surface area contributed by atoms with Gasteiger partial charge in [-0.3, -0.25) is 24.6 Å². The number of hydrogen-bond acceptors (Lipinski definition) is 5. The van der Waals surface area contributed by atoms with Crippen LogP contribution in [0.3, 0.4) is 0 Å². The lowest BCUT2D eigenvalue weighted by molar-refractivity contribution is -0.384. The van der Waals surface area contributed by atoms with Crippen molar-refractivity contribution in [3.05, 3.63) is 44.4 Å². The fourth-order valence-electron chi connectivity index (χ4n) is 4.31. The SMILES string of the molecule is O=C1C2C3C=CC(C3)C2C(=O)N1CCNc1c(Cl)cc([N+](=O)[O-])cc1Cl. The molecule has 2 amide bonds. The van der Waals surface area contributed by atoms with E-state index in [0.29, 0.717) is 5.69 Å². The van der Waals surface area contributed by atoms with Gasteiger partial charge in [-0.25, -0.2) is 0 Å². The van der Waals surface area contributed by atoms with Gasteiger partial charge in [-0.1, -0.05) is 35.4 Å². The Balaban J connectivity index is 1.42. The maximum Gasteiger partial charge on any atom is 0.272 e. The van der Waals surface area contributed by atoms with E-state index in [1.165, 1.54) is 17.0 Å². The lowest BCUT2D eigenvalue weighted by atomic mass is 9.85. The second-order valence-corrected chi connectivity index (χ2v) is 7.61. The normalized spacial score (nSPS) is 28.8. The quantitative estimate of drug-likeness (QED) is 0.357. The summed E-state index contributed by atoms with van der Waals surface area (Å²) in [4.78, 5) is 36.7. The van der Waals surface area contributed by atoms with Crippen molar-refractivity contribution in [1.29, 1.82) is 0 Å². The van der Waals surface area contributed by atoms with Crippen LogP contribution in [-0.4, -0.2) is 34.7 Å². The molecule has 2 bridgehead atoms. The Labute approximate surface area is 159 Å². The summed E-state index contributed by atoms with van der Waals surface area (Å²) in [7, 11) is 0. The number of non-ortho nitro benzene ring substituents is 1. The van der Waals surface area contributed by atoms with Crippen molar-refractivity contribution in [3.63, 3.8) is 0 Å². The van der Waals surface area contributed by atoms with Gasteiger partial charge in [-0.05, 0) is 18.3 Å². The number of carbonyl (C=O) groups excluding carboxylic acids is 2. The van der Waals surface area contributed by atoms with Crippen molar-refractivity contribution in [3.8, 4) is 0 Å². The van der Waals surface area contributed by atoms with Gasteiger partial charge < -0.3 is 5.32 Å². The standard InChI is InChI=1S/C17H15Cl2N3O4/c18-11-6-10(22(25)26)7-12(19)15(11)20-3-4-21-16(23)13-8-1-2-9(5-8)14(13)17(21)24/h1-2,6-9,13-14,20H,3-5H2. The smallest absolute Gasteiger partial charge is 0.272 e. The summed E-state index contributed by atoms with van der Waals surface area (Å²) in [5.74, 6) is -0.303. The van der Waals surface area contributed by atoms with Gasteiger partial charge in [-0.15, -0.1) is 0 Å². The third-order valence-electron chi connectivity index (χ3n) is 5.44. The van der Waals surface area contributed by atoms with Crippen molar-refractivity contribution < 1.29 is 14.5 Å². The first-order chi connectivity index (χ1) is 12.4. The first kappa shape index (κ1) is 17.3. The second-order valence-electron chi connectivity index (χ2n) is 6.80. The number of halogens is 2. The molecule has 2 aliphatic carbocycles. The van der Waals surface area contributed by atoms with Crippen LogP contribution in [0.5, 0.6) is 0 Å². The summed E-state index contributed by atoms with van der Waals surface area (Å²) in [6.07, 6.45) is 5.00. The Morgan fingerprint density at radius 1 is 1.12 bits per heavy atom.